The van der Waals surface area contributed by atoms with Crippen LogP contribution in [0.3, 0.4) is 0 Å². The molecule has 1 aliphatic heterocycles. The van der Waals surface area contributed by atoms with Gasteiger partial charge in [0.1, 0.15) is 5.82 Å². The lowest BCUT2D eigenvalue weighted by Gasteiger charge is -2.35. The second-order valence-corrected chi connectivity index (χ2v) is 7.12. The highest BCUT2D eigenvalue weighted by Gasteiger charge is 2.20. The van der Waals surface area contributed by atoms with Crippen molar-refractivity contribution in [2.75, 3.05) is 44.2 Å². The van der Waals surface area contributed by atoms with Crippen molar-refractivity contribution in [3.63, 3.8) is 0 Å². The summed E-state index contributed by atoms with van der Waals surface area (Å²) in [5, 5.41) is 2.90. The summed E-state index contributed by atoms with van der Waals surface area (Å²) in [6, 6.07) is 4.66. The minimum Gasteiger partial charge on any atom is -0.367 e. The van der Waals surface area contributed by atoms with Gasteiger partial charge in [0.25, 0.3) is 5.91 Å². The summed E-state index contributed by atoms with van der Waals surface area (Å²) in [6.07, 6.45) is 0.810. The third-order valence-corrected chi connectivity index (χ3v) is 4.75. The van der Waals surface area contributed by atoms with Gasteiger partial charge >= 0.3 is 0 Å². The van der Waals surface area contributed by atoms with Gasteiger partial charge in [0, 0.05) is 44.3 Å². The lowest BCUT2D eigenvalue weighted by atomic mass is 10.0. The van der Waals surface area contributed by atoms with Crippen LogP contribution in [0.5, 0.6) is 0 Å². The highest BCUT2D eigenvalue weighted by atomic mass is 35.5. The zero-order valence-electron chi connectivity index (χ0n) is 16.4. The SMILES string of the molecule is CCN1CCN(c2ccc(C(=O)NC(CN)CC(C)C)cc2F)CC1.Cl.Cl. The number of likely N-dealkylation sites (N-methyl/N-ethyl adjacent to an activating group) is 1. The molecule has 5 nitrogen and oxygen atoms in total. The molecule has 0 aromatic heterocycles. The molecule has 1 fully saturated rings. The Labute approximate surface area is 174 Å². The Morgan fingerprint density at radius 1 is 1.22 bits per heavy atom. The Balaban J connectivity index is 0.00000338. The molecule has 0 aliphatic carbocycles. The Hall–Kier alpha value is -1.08. The highest BCUT2D eigenvalue weighted by Crippen LogP contribution is 2.22. The first-order valence-corrected chi connectivity index (χ1v) is 9.22. The molecule has 3 N–H and O–H groups in total. The van der Waals surface area contributed by atoms with Gasteiger partial charge in [-0.3, -0.25) is 4.79 Å². The third-order valence-electron chi connectivity index (χ3n) is 4.75. The van der Waals surface area contributed by atoms with Crippen LogP contribution in [0.1, 0.15) is 37.6 Å². The minimum atomic E-state index is -0.342. The number of hydrogen-bond acceptors (Lipinski definition) is 4. The van der Waals surface area contributed by atoms with Gasteiger partial charge in [-0.25, -0.2) is 4.39 Å². The van der Waals surface area contributed by atoms with Crippen molar-refractivity contribution in [2.24, 2.45) is 11.7 Å². The highest BCUT2D eigenvalue weighted by molar-refractivity contribution is 5.94. The fourth-order valence-corrected chi connectivity index (χ4v) is 3.26. The van der Waals surface area contributed by atoms with Crippen molar-refractivity contribution in [3.8, 4) is 0 Å². The van der Waals surface area contributed by atoms with Crippen LogP contribution in [0.15, 0.2) is 18.2 Å². The Bertz CT molecular complexity index is 581. The molecule has 1 amide bonds. The largest absolute Gasteiger partial charge is 0.367 e. The second-order valence-electron chi connectivity index (χ2n) is 7.12. The van der Waals surface area contributed by atoms with Gasteiger partial charge < -0.3 is 20.9 Å². The first-order valence-electron chi connectivity index (χ1n) is 9.22. The van der Waals surface area contributed by atoms with Crippen molar-refractivity contribution in [1.29, 1.82) is 0 Å². The molecular weight excluding hydrogens is 390 g/mol. The number of benzene rings is 1. The number of rotatable bonds is 7. The normalized spacial score (nSPS) is 15.7. The van der Waals surface area contributed by atoms with E-state index in [-0.39, 0.29) is 42.6 Å². The second kappa shape index (κ2) is 12.4. The summed E-state index contributed by atoms with van der Waals surface area (Å²) in [6.45, 7) is 11.2. The van der Waals surface area contributed by atoms with E-state index >= 15 is 0 Å². The number of piperazine rings is 1. The lowest BCUT2D eigenvalue weighted by Crippen LogP contribution is -2.46. The number of carbonyl (C=O) groups is 1. The number of nitrogens with zero attached hydrogens (tertiary/aromatic N) is 2. The van der Waals surface area contributed by atoms with Crippen molar-refractivity contribution >= 4 is 36.4 Å². The zero-order valence-corrected chi connectivity index (χ0v) is 18.0. The molecule has 1 aliphatic rings. The average Bonchev–Trinajstić information content (AvgIpc) is 2.60. The topological polar surface area (TPSA) is 61.6 Å². The van der Waals surface area contributed by atoms with Crippen LogP contribution in [-0.4, -0.2) is 56.1 Å². The van der Waals surface area contributed by atoms with Crippen molar-refractivity contribution in [3.05, 3.63) is 29.6 Å². The van der Waals surface area contributed by atoms with Crippen molar-refractivity contribution < 1.29 is 9.18 Å². The predicted molar refractivity (Wildman–Crippen MR) is 115 cm³/mol. The number of halogens is 3. The molecule has 1 heterocycles. The van der Waals surface area contributed by atoms with Gasteiger partial charge in [-0.1, -0.05) is 20.8 Å². The molecule has 8 heteroatoms. The molecule has 1 unspecified atom stereocenters. The lowest BCUT2D eigenvalue weighted by molar-refractivity contribution is 0.0933. The maximum atomic E-state index is 14.5. The maximum absolute atomic E-state index is 14.5. The minimum absolute atomic E-state index is 0. The van der Waals surface area contributed by atoms with Gasteiger partial charge in [0.15, 0.2) is 0 Å². The first-order chi connectivity index (χ1) is 11.9. The summed E-state index contributed by atoms with van der Waals surface area (Å²) in [5.41, 5.74) is 6.64. The van der Waals surface area contributed by atoms with E-state index in [9.17, 15) is 9.18 Å². The van der Waals surface area contributed by atoms with Crippen molar-refractivity contribution in [1.82, 2.24) is 10.2 Å². The number of amides is 1. The number of nitrogens with one attached hydrogen (secondary N) is 1. The standard InChI is InChI=1S/C19H31FN4O.2ClH/c1-4-23-7-9-24(10-8-23)18-6-5-15(12-17(18)20)19(25)22-16(13-21)11-14(2)3;;/h5-6,12,14,16H,4,7-11,13,21H2,1-3H3,(H,22,25);2*1H. The molecule has 0 spiro atoms. The molecule has 0 bridgehead atoms. The van der Waals surface area contributed by atoms with Gasteiger partial charge in [-0.05, 0) is 37.1 Å². The molecular formula is C19H33Cl2FN4O. The van der Waals surface area contributed by atoms with E-state index in [0.29, 0.717) is 23.7 Å². The summed E-state index contributed by atoms with van der Waals surface area (Å²) >= 11 is 0. The monoisotopic (exact) mass is 422 g/mol. The Morgan fingerprint density at radius 3 is 2.33 bits per heavy atom. The van der Waals surface area contributed by atoms with E-state index in [1.54, 1.807) is 12.1 Å². The number of anilines is 1. The summed E-state index contributed by atoms with van der Waals surface area (Å²) in [5.74, 6) is -0.169. The van der Waals surface area contributed by atoms with Crippen molar-refractivity contribution in [2.45, 2.75) is 33.2 Å². The van der Waals surface area contributed by atoms with E-state index < -0.39 is 0 Å². The van der Waals surface area contributed by atoms with Crippen LogP contribution in [-0.2, 0) is 0 Å². The zero-order chi connectivity index (χ0) is 18.4. The first kappa shape index (κ1) is 25.9. The van der Waals surface area contributed by atoms with Crippen LogP contribution in [0, 0.1) is 11.7 Å². The average molecular weight is 423 g/mol. The predicted octanol–water partition coefficient (Wildman–Crippen LogP) is 2.91. The number of nitrogens with two attached hydrogens (primary N) is 1. The van der Waals surface area contributed by atoms with Crippen LogP contribution in [0.25, 0.3) is 0 Å². The molecule has 1 aromatic carbocycles. The van der Waals surface area contributed by atoms with Gasteiger partial charge in [-0.15, -0.1) is 24.8 Å². The fourth-order valence-electron chi connectivity index (χ4n) is 3.26. The molecule has 27 heavy (non-hydrogen) atoms. The molecule has 0 radical (unpaired) electrons. The maximum Gasteiger partial charge on any atom is 0.251 e. The molecule has 156 valence electrons. The van der Waals surface area contributed by atoms with E-state index in [1.165, 1.54) is 6.07 Å². The van der Waals surface area contributed by atoms with Crippen LogP contribution < -0.4 is 16.0 Å². The van der Waals surface area contributed by atoms with E-state index in [4.69, 9.17) is 5.73 Å². The number of carbonyl (C=O) groups excluding carboxylic acids is 1. The Morgan fingerprint density at radius 2 is 1.85 bits per heavy atom. The van der Waals surface area contributed by atoms with Gasteiger partial charge in [-0.2, -0.15) is 0 Å². The summed E-state index contributed by atoms with van der Waals surface area (Å²) in [4.78, 5) is 16.8. The molecule has 1 atom stereocenters. The molecule has 1 aromatic rings. The smallest absolute Gasteiger partial charge is 0.251 e. The number of hydrogen-bond donors (Lipinski definition) is 2. The fraction of sp³-hybridized carbons (Fsp3) is 0.632. The molecule has 0 saturated carbocycles. The third kappa shape index (κ3) is 7.45. The van der Waals surface area contributed by atoms with Crippen LogP contribution in [0.2, 0.25) is 0 Å². The van der Waals surface area contributed by atoms with E-state index in [1.807, 2.05) is 4.90 Å². The van der Waals surface area contributed by atoms with Crippen LogP contribution >= 0.6 is 24.8 Å². The molecule has 1 saturated heterocycles. The van der Waals surface area contributed by atoms with E-state index in [0.717, 1.165) is 39.1 Å². The van der Waals surface area contributed by atoms with E-state index in [2.05, 4.69) is 31.0 Å². The quantitative estimate of drug-likeness (QED) is 0.708. The van der Waals surface area contributed by atoms with Gasteiger partial charge in [0.2, 0.25) is 0 Å². The Kier molecular flexibility index (Phi) is 11.9. The van der Waals surface area contributed by atoms with Gasteiger partial charge in [0.05, 0.1) is 5.69 Å². The summed E-state index contributed by atoms with van der Waals surface area (Å²) < 4.78 is 14.5. The van der Waals surface area contributed by atoms with Crippen LogP contribution in [0.4, 0.5) is 10.1 Å². The molecule has 2 rings (SSSR count). The summed E-state index contributed by atoms with van der Waals surface area (Å²) in [7, 11) is 0.